The fourth-order valence-corrected chi connectivity index (χ4v) is 5.24. The molecule has 20 heavy (non-hydrogen) atoms. The van der Waals surface area contributed by atoms with E-state index in [1.807, 2.05) is 0 Å². The minimum atomic E-state index is 0.770. The monoisotopic (exact) mass is 289 g/mol. The second-order valence-electron chi connectivity index (χ2n) is 6.34. The van der Waals surface area contributed by atoms with Crippen molar-refractivity contribution < 1.29 is 0 Å². The first kappa shape index (κ1) is 14.5. The Labute approximate surface area is 127 Å². The van der Waals surface area contributed by atoms with E-state index in [0.29, 0.717) is 0 Å². The second-order valence-corrected chi connectivity index (χ2v) is 7.68. The molecule has 0 aromatic heterocycles. The number of hydrogen-bond acceptors (Lipinski definition) is 2. The second kappa shape index (κ2) is 7.00. The first-order chi connectivity index (χ1) is 9.86. The molecule has 3 rings (SSSR count). The van der Waals surface area contributed by atoms with Crippen LogP contribution in [0.15, 0.2) is 29.2 Å². The smallest absolute Gasteiger partial charge is 0.0136 e. The molecule has 1 heterocycles. The van der Waals surface area contributed by atoms with E-state index in [9.17, 15) is 0 Å². The van der Waals surface area contributed by atoms with Crippen molar-refractivity contribution in [2.45, 2.75) is 68.1 Å². The Bertz CT molecular complexity index is 400. The number of thioether (sulfide) groups is 1. The molecule has 1 aromatic rings. The Morgan fingerprint density at radius 2 is 2.05 bits per heavy atom. The lowest BCUT2D eigenvalue weighted by Gasteiger charge is -2.25. The van der Waals surface area contributed by atoms with Crippen molar-refractivity contribution in [2.75, 3.05) is 6.54 Å². The van der Waals surface area contributed by atoms with Gasteiger partial charge in [0, 0.05) is 16.2 Å². The number of hydrogen-bond donors (Lipinski definition) is 1. The molecule has 1 fully saturated rings. The molecule has 2 heteroatoms. The van der Waals surface area contributed by atoms with Gasteiger partial charge in [0.2, 0.25) is 0 Å². The van der Waals surface area contributed by atoms with Crippen molar-refractivity contribution in [2.24, 2.45) is 5.92 Å². The molecule has 1 aromatic carbocycles. The van der Waals surface area contributed by atoms with Gasteiger partial charge in [-0.1, -0.05) is 38.0 Å². The summed E-state index contributed by atoms with van der Waals surface area (Å²) in [5.41, 5.74) is 1.57. The fraction of sp³-hybridized carbons (Fsp3) is 0.667. The predicted octanol–water partition coefficient (Wildman–Crippen LogP) is 4.65. The van der Waals surface area contributed by atoms with Crippen LogP contribution in [0, 0.1) is 5.92 Å². The third-order valence-corrected chi connectivity index (χ3v) is 6.34. The van der Waals surface area contributed by atoms with Gasteiger partial charge >= 0.3 is 0 Å². The molecule has 2 unspecified atom stereocenters. The average Bonchev–Trinajstić information content (AvgIpc) is 3.12. The van der Waals surface area contributed by atoms with Gasteiger partial charge in [0.1, 0.15) is 0 Å². The zero-order valence-corrected chi connectivity index (χ0v) is 13.4. The Hall–Kier alpha value is -0.470. The van der Waals surface area contributed by atoms with Gasteiger partial charge in [-0.05, 0) is 56.2 Å². The summed E-state index contributed by atoms with van der Waals surface area (Å²) in [6.45, 7) is 3.38. The molecule has 1 N–H and O–H groups in total. The first-order valence-electron chi connectivity index (χ1n) is 8.34. The molecular formula is C18H27NS. The van der Waals surface area contributed by atoms with Gasteiger partial charge < -0.3 is 5.32 Å². The van der Waals surface area contributed by atoms with Gasteiger partial charge in [-0.3, -0.25) is 0 Å². The van der Waals surface area contributed by atoms with Gasteiger partial charge in [0.15, 0.2) is 0 Å². The van der Waals surface area contributed by atoms with Crippen molar-refractivity contribution in [1.82, 2.24) is 5.32 Å². The van der Waals surface area contributed by atoms with E-state index in [2.05, 4.69) is 48.3 Å². The largest absolute Gasteiger partial charge is 0.314 e. The fourth-order valence-electron chi connectivity index (χ4n) is 3.91. The van der Waals surface area contributed by atoms with Crippen LogP contribution in [0.5, 0.6) is 0 Å². The SMILES string of the molecule is CCNC(CCC1Cc2ccccc2S1)C1CCCC1. The van der Waals surface area contributed by atoms with Gasteiger partial charge in [-0.2, -0.15) is 0 Å². The maximum atomic E-state index is 3.76. The lowest BCUT2D eigenvalue weighted by atomic mass is 9.92. The molecule has 2 atom stereocenters. The molecule has 1 nitrogen and oxygen atoms in total. The molecule has 0 saturated heterocycles. The van der Waals surface area contributed by atoms with Gasteiger partial charge in [0.25, 0.3) is 0 Å². The summed E-state index contributed by atoms with van der Waals surface area (Å²) in [6.07, 6.45) is 9.83. The molecular weight excluding hydrogens is 262 g/mol. The van der Waals surface area contributed by atoms with Crippen molar-refractivity contribution in [1.29, 1.82) is 0 Å². The van der Waals surface area contributed by atoms with Crippen LogP contribution in [0.25, 0.3) is 0 Å². The molecule has 0 amide bonds. The minimum absolute atomic E-state index is 0.770. The van der Waals surface area contributed by atoms with E-state index >= 15 is 0 Å². The van der Waals surface area contributed by atoms with E-state index in [1.54, 1.807) is 5.56 Å². The Morgan fingerprint density at radius 1 is 1.25 bits per heavy atom. The summed E-state index contributed by atoms with van der Waals surface area (Å²) < 4.78 is 0. The van der Waals surface area contributed by atoms with Gasteiger partial charge in [0.05, 0.1) is 0 Å². The van der Waals surface area contributed by atoms with Crippen LogP contribution in [0.1, 0.15) is 51.0 Å². The quantitative estimate of drug-likeness (QED) is 0.818. The van der Waals surface area contributed by atoms with Gasteiger partial charge in [-0.25, -0.2) is 0 Å². The standard InChI is InChI=1S/C18H27NS/c1-2-19-17(14-7-3-4-8-14)12-11-16-13-15-9-5-6-10-18(15)20-16/h5-6,9-10,14,16-17,19H,2-4,7-8,11-13H2,1H3. The number of fused-ring (bicyclic) bond motifs is 1. The minimum Gasteiger partial charge on any atom is -0.314 e. The van der Waals surface area contributed by atoms with Crippen molar-refractivity contribution in [3.8, 4) is 0 Å². The summed E-state index contributed by atoms with van der Waals surface area (Å²) in [4.78, 5) is 1.53. The highest BCUT2D eigenvalue weighted by Gasteiger charge is 2.27. The Kier molecular flexibility index (Phi) is 5.06. The Morgan fingerprint density at radius 3 is 2.80 bits per heavy atom. The number of rotatable bonds is 6. The van der Waals surface area contributed by atoms with Crippen molar-refractivity contribution >= 4 is 11.8 Å². The average molecular weight is 289 g/mol. The third kappa shape index (κ3) is 3.40. The highest BCUT2D eigenvalue weighted by Crippen LogP contribution is 2.39. The maximum absolute atomic E-state index is 3.76. The summed E-state index contributed by atoms with van der Waals surface area (Å²) in [6, 6.07) is 9.72. The molecule has 0 spiro atoms. The topological polar surface area (TPSA) is 12.0 Å². The molecule has 2 aliphatic rings. The van der Waals surface area contributed by atoms with E-state index in [1.165, 1.54) is 49.8 Å². The van der Waals surface area contributed by atoms with Gasteiger partial charge in [-0.15, -0.1) is 11.8 Å². The van der Waals surface area contributed by atoms with Crippen LogP contribution < -0.4 is 5.32 Å². The van der Waals surface area contributed by atoms with Crippen molar-refractivity contribution in [3.63, 3.8) is 0 Å². The van der Waals surface area contributed by atoms with E-state index in [-0.39, 0.29) is 0 Å². The van der Waals surface area contributed by atoms with Crippen molar-refractivity contribution in [3.05, 3.63) is 29.8 Å². The van der Waals surface area contributed by atoms with E-state index in [4.69, 9.17) is 0 Å². The summed E-state index contributed by atoms with van der Waals surface area (Å²) in [5, 5.41) is 4.58. The molecule has 0 bridgehead atoms. The summed E-state index contributed by atoms with van der Waals surface area (Å²) >= 11 is 2.11. The molecule has 0 radical (unpaired) electrons. The lowest BCUT2D eigenvalue weighted by Crippen LogP contribution is -2.35. The first-order valence-corrected chi connectivity index (χ1v) is 9.22. The molecule has 1 saturated carbocycles. The Balaban J connectivity index is 1.51. The summed E-state index contributed by atoms with van der Waals surface area (Å²) in [5.74, 6) is 0.948. The highest BCUT2D eigenvalue weighted by molar-refractivity contribution is 8.00. The van der Waals surface area contributed by atoms with Crippen LogP contribution >= 0.6 is 11.8 Å². The van der Waals surface area contributed by atoms with E-state index in [0.717, 1.165) is 23.8 Å². The van der Waals surface area contributed by atoms with Crippen LogP contribution in [-0.2, 0) is 6.42 Å². The zero-order chi connectivity index (χ0) is 13.8. The van der Waals surface area contributed by atoms with Crippen LogP contribution in [0.2, 0.25) is 0 Å². The zero-order valence-electron chi connectivity index (χ0n) is 12.6. The molecule has 1 aliphatic heterocycles. The molecule has 110 valence electrons. The highest BCUT2D eigenvalue weighted by atomic mass is 32.2. The van der Waals surface area contributed by atoms with Crippen LogP contribution in [-0.4, -0.2) is 17.8 Å². The predicted molar refractivity (Wildman–Crippen MR) is 88.4 cm³/mol. The van der Waals surface area contributed by atoms with Crippen LogP contribution in [0.4, 0.5) is 0 Å². The third-order valence-electron chi connectivity index (χ3n) is 4.95. The molecule has 1 aliphatic carbocycles. The summed E-state index contributed by atoms with van der Waals surface area (Å²) in [7, 11) is 0. The van der Waals surface area contributed by atoms with Crippen LogP contribution in [0.3, 0.4) is 0 Å². The lowest BCUT2D eigenvalue weighted by molar-refractivity contribution is 0.338. The maximum Gasteiger partial charge on any atom is 0.0136 e. The van der Waals surface area contributed by atoms with E-state index < -0.39 is 0 Å². The normalized spacial score (nSPS) is 23.9. The number of nitrogens with one attached hydrogen (secondary N) is 1. The number of benzene rings is 1.